The van der Waals surface area contributed by atoms with Gasteiger partial charge in [-0.3, -0.25) is 4.79 Å². The van der Waals surface area contributed by atoms with Gasteiger partial charge in [-0.15, -0.1) is 12.4 Å². The Balaban J connectivity index is 0.00000242. The minimum atomic E-state index is -0.413. The molecule has 1 aromatic carbocycles. The van der Waals surface area contributed by atoms with Crippen LogP contribution in [-0.4, -0.2) is 42.6 Å². The topological polar surface area (TPSA) is 41.6 Å². The molecule has 0 bridgehead atoms. The molecule has 1 heterocycles. The molecule has 2 rings (SSSR count). The first-order valence-electron chi connectivity index (χ1n) is 7.05. The third-order valence-electron chi connectivity index (χ3n) is 3.45. The average Bonchev–Trinajstić information content (AvgIpc) is 2.48. The van der Waals surface area contributed by atoms with E-state index in [0.717, 1.165) is 12.1 Å². The number of hydrogen-bond acceptors (Lipinski definition) is 3. The number of ether oxygens (including phenoxy) is 1. The minimum Gasteiger partial charge on any atom is -0.366 e. The summed E-state index contributed by atoms with van der Waals surface area (Å²) in [6.07, 6.45) is -0.413. The molecule has 1 fully saturated rings. The third-order valence-corrected chi connectivity index (χ3v) is 4.19. The highest BCUT2D eigenvalue weighted by molar-refractivity contribution is 6.42. The van der Waals surface area contributed by atoms with Gasteiger partial charge in [-0.25, -0.2) is 0 Å². The molecule has 0 saturated carbocycles. The highest BCUT2D eigenvalue weighted by atomic mass is 35.5. The number of carbonyl (C=O) groups excluding carboxylic acids is 1. The van der Waals surface area contributed by atoms with Gasteiger partial charge in [0.2, 0.25) is 0 Å². The van der Waals surface area contributed by atoms with Crippen LogP contribution in [0.2, 0.25) is 10.0 Å². The molecular weight excluding hydrogens is 347 g/mol. The van der Waals surface area contributed by atoms with E-state index in [2.05, 4.69) is 5.32 Å². The number of hydrogen-bond donors (Lipinski definition) is 1. The molecule has 1 unspecified atom stereocenters. The van der Waals surface area contributed by atoms with Crippen molar-refractivity contribution in [3.63, 3.8) is 0 Å². The molecule has 1 saturated heterocycles. The second-order valence-electron chi connectivity index (χ2n) is 5.37. The Labute approximate surface area is 147 Å². The van der Waals surface area contributed by atoms with E-state index < -0.39 is 6.10 Å². The van der Waals surface area contributed by atoms with Crippen molar-refractivity contribution in [3.05, 3.63) is 33.8 Å². The summed E-state index contributed by atoms with van der Waals surface area (Å²) < 4.78 is 5.55. The summed E-state index contributed by atoms with van der Waals surface area (Å²) in [5.74, 6) is 0.00303. The highest BCUT2D eigenvalue weighted by Crippen LogP contribution is 2.24. The van der Waals surface area contributed by atoms with E-state index in [-0.39, 0.29) is 24.4 Å². The third kappa shape index (κ3) is 5.00. The monoisotopic (exact) mass is 366 g/mol. The first kappa shape index (κ1) is 19.5. The molecule has 1 atom stereocenters. The number of halogens is 3. The first-order chi connectivity index (χ1) is 9.99. The van der Waals surface area contributed by atoms with Gasteiger partial charge in [-0.05, 0) is 31.5 Å². The van der Waals surface area contributed by atoms with Crippen LogP contribution in [0.25, 0.3) is 0 Å². The van der Waals surface area contributed by atoms with E-state index in [4.69, 9.17) is 27.9 Å². The van der Waals surface area contributed by atoms with Gasteiger partial charge in [0, 0.05) is 25.7 Å². The molecule has 124 valence electrons. The molecule has 22 heavy (non-hydrogen) atoms. The van der Waals surface area contributed by atoms with Crippen LogP contribution in [-0.2, 0) is 16.1 Å². The minimum absolute atomic E-state index is 0. The Morgan fingerprint density at radius 2 is 2.14 bits per heavy atom. The summed E-state index contributed by atoms with van der Waals surface area (Å²) in [7, 11) is 0. The Morgan fingerprint density at radius 3 is 2.68 bits per heavy atom. The fourth-order valence-corrected chi connectivity index (χ4v) is 2.58. The van der Waals surface area contributed by atoms with Gasteiger partial charge in [0.05, 0.1) is 16.7 Å². The lowest BCUT2D eigenvalue weighted by Crippen LogP contribution is -2.51. The lowest BCUT2D eigenvalue weighted by molar-refractivity contribution is -0.147. The summed E-state index contributed by atoms with van der Waals surface area (Å²) in [5, 5.41) is 4.20. The second kappa shape index (κ2) is 8.94. The van der Waals surface area contributed by atoms with Crippen molar-refractivity contribution in [3.8, 4) is 0 Å². The summed E-state index contributed by atoms with van der Waals surface area (Å²) in [6.45, 7) is 6.39. The van der Waals surface area contributed by atoms with Crippen molar-refractivity contribution in [2.45, 2.75) is 32.5 Å². The van der Waals surface area contributed by atoms with E-state index in [0.29, 0.717) is 29.7 Å². The molecule has 4 nitrogen and oxygen atoms in total. The van der Waals surface area contributed by atoms with Crippen LogP contribution in [0.3, 0.4) is 0 Å². The first-order valence-corrected chi connectivity index (χ1v) is 7.81. The van der Waals surface area contributed by atoms with Crippen molar-refractivity contribution >= 4 is 41.5 Å². The molecule has 1 aliphatic heterocycles. The fourth-order valence-electron chi connectivity index (χ4n) is 2.26. The van der Waals surface area contributed by atoms with Crippen LogP contribution in [0.5, 0.6) is 0 Å². The van der Waals surface area contributed by atoms with E-state index in [1.165, 1.54) is 0 Å². The maximum Gasteiger partial charge on any atom is 0.253 e. The van der Waals surface area contributed by atoms with Gasteiger partial charge in [0.25, 0.3) is 5.91 Å². The maximum absolute atomic E-state index is 12.6. The molecule has 0 spiro atoms. The summed E-state index contributed by atoms with van der Waals surface area (Å²) in [6, 6.07) is 5.52. The highest BCUT2D eigenvalue weighted by Gasteiger charge is 2.28. The molecule has 0 aliphatic carbocycles. The SMILES string of the molecule is CC(C)N(Cc1ccc(Cl)c(Cl)c1)C(=O)C1CNCCO1.Cl. The summed E-state index contributed by atoms with van der Waals surface area (Å²) >= 11 is 12.0. The maximum atomic E-state index is 12.6. The van der Waals surface area contributed by atoms with Crippen LogP contribution < -0.4 is 5.32 Å². The molecule has 0 radical (unpaired) electrons. The number of rotatable bonds is 4. The largest absolute Gasteiger partial charge is 0.366 e. The van der Waals surface area contributed by atoms with Gasteiger partial charge in [-0.1, -0.05) is 29.3 Å². The smallest absolute Gasteiger partial charge is 0.253 e. The zero-order valence-corrected chi connectivity index (χ0v) is 15.0. The van der Waals surface area contributed by atoms with Crippen molar-refractivity contribution in [1.82, 2.24) is 10.2 Å². The second-order valence-corrected chi connectivity index (χ2v) is 6.19. The number of morpholine rings is 1. The standard InChI is InChI=1S/C15H20Cl2N2O2.ClH/c1-10(2)19(15(20)14-8-18-5-6-21-14)9-11-3-4-12(16)13(17)7-11;/h3-4,7,10,14,18H,5-6,8-9H2,1-2H3;1H. The van der Waals surface area contributed by atoms with Crippen molar-refractivity contribution < 1.29 is 9.53 Å². The number of nitrogens with zero attached hydrogens (tertiary/aromatic N) is 1. The Hall–Kier alpha value is -0.520. The summed E-state index contributed by atoms with van der Waals surface area (Å²) in [5.41, 5.74) is 0.954. The van der Waals surface area contributed by atoms with E-state index >= 15 is 0 Å². The quantitative estimate of drug-likeness (QED) is 0.889. The Bertz CT molecular complexity index is 506. The lowest BCUT2D eigenvalue weighted by Gasteiger charge is -2.32. The zero-order valence-electron chi connectivity index (χ0n) is 12.6. The molecule has 1 amide bonds. The lowest BCUT2D eigenvalue weighted by atomic mass is 10.1. The zero-order chi connectivity index (χ0) is 15.4. The van der Waals surface area contributed by atoms with Crippen molar-refractivity contribution in [2.24, 2.45) is 0 Å². The van der Waals surface area contributed by atoms with E-state index in [1.807, 2.05) is 19.9 Å². The Kier molecular flexibility index (Phi) is 7.94. The van der Waals surface area contributed by atoms with Crippen molar-refractivity contribution in [2.75, 3.05) is 19.7 Å². The summed E-state index contributed by atoms with van der Waals surface area (Å²) in [4.78, 5) is 14.4. The predicted octanol–water partition coefficient (Wildman–Crippen LogP) is 3.14. The normalized spacial score (nSPS) is 18.0. The fraction of sp³-hybridized carbons (Fsp3) is 0.533. The van der Waals surface area contributed by atoms with Crippen molar-refractivity contribution in [1.29, 1.82) is 0 Å². The molecule has 0 aromatic heterocycles. The number of carbonyl (C=O) groups is 1. The van der Waals surface area contributed by atoms with Crippen LogP contribution in [0.1, 0.15) is 19.4 Å². The number of nitrogens with one attached hydrogen (secondary N) is 1. The van der Waals surface area contributed by atoms with Gasteiger partial charge >= 0.3 is 0 Å². The number of benzene rings is 1. The molecule has 1 aromatic rings. The van der Waals surface area contributed by atoms with Gasteiger partial charge in [0.1, 0.15) is 6.10 Å². The van der Waals surface area contributed by atoms with E-state index in [1.54, 1.807) is 17.0 Å². The van der Waals surface area contributed by atoms with Gasteiger partial charge in [-0.2, -0.15) is 0 Å². The molecule has 7 heteroatoms. The number of amides is 1. The average molecular weight is 368 g/mol. The van der Waals surface area contributed by atoms with Crippen LogP contribution >= 0.6 is 35.6 Å². The van der Waals surface area contributed by atoms with Crippen LogP contribution in [0.4, 0.5) is 0 Å². The predicted molar refractivity (Wildman–Crippen MR) is 92.0 cm³/mol. The Morgan fingerprint density at radius 1 is 1.41 bits per heavy atom. The van der Waals surface area contributed by atoms with Crippen LogP contribution in [0.15, 0.2) is 18.2 Å². The van der Waals surface area contributed by atoms with E-state index in [9.17, 15) is 4.79 Å². The van der Waals surface area contributed by atoms with Gasteiger partial charge < -0.3 is 15.0 Å². The molecule has 1 aliphatic rings. The van der Waals surface area contributed by atoms with Gasteiger partial charge in [0.15, 0.2) is 0 Å². The van der Waals surface area contributed by atoms with Crippen LogP contribution in [0, 0.1) is 0 Å². The molecule has 1 N–H and O–H groups in total. The molecular formula is C15H21Cl3N2O2.